The van der Waals surface area contributed by atoms with Crippen molar-refractivity contribution in [1.82, 2.24) is 0 Å². The van der Waals surface area contributed by atoms with Gasteiger partial charge in [0.05, 0.1) is 5.75 Å². The van der Waals surface area contributed by atoms with Crippen LogP contribution in [-0.4, -0.2) is 14.5 Å². The normalized spacial score (nSPS) is 19.7. The zero-order valence-electron chi connectivity index (χ0n) is 8.23. The third kappa shape index (κ3) is 2.44. The van der Waals surface area contributed by atoms with E-state index < -0.39 is 9.05 Å². The van der Waals surface area contributed by atoms with Gasteiger partial charge in [-0.3, -0.25) is 0 Å². The lowest BCUT2D eigenvalue weighted by molar-refractivity contribution is 0.254. The maximum Gasteiger partial charge on any atom is 0.236 e. The van der Waals surface area contributed by atoms with Crippen LogP contribution in [0.5, 0.6) is 5.75 Å². The van der Waals surface area contributed by atoms with Crippen molar-refractivity contribution >= 4 is 19.7 Å². The molecular formula is C10H11ClO3S. The summed E-state index contributed by atoms with van der Waals surface area (Å²) in [6, 6.07) is 5.41. The van der Waals surface area contributed by atoms with E-state index in [0.29, 0.717) is 0 Å². The van der Waals surface area contributed by atoms with Gasteiger partial charge in [-0.1, -0.05) is 12.1 Å². The first-order valence-electron chi connectivity index (χ1n) is 4.65. The molecule has 5 heteroatoms. The van der Waals surface area contributed by atoms with Crippen LogP contribution >= 0.6 is 10.7 Å². The highest BCUT2D eigenvalue weighted by Gasteiger charge is 2.23. The van der Waals surface area contributed by atoms with E-state index in [4.69, 9.17) is 15.4 Å². The van der Waals surface area contributed by atoms with Crippen molar-refractivity contribution in [3.8, 4) is 5.75 Å². The highest BCUT2D eigenvalue weighted by Crippen LogP contribution is 2.32. The predicted octanol–water partition coefficient (Wildman–Crippen LogP) is 2.08. The molecule has 1 atom stereocenters. The highest BCUT2D eigenvalue weighted by atomic mass is 35.7. The first kappa shape index (κ1) is 10.8. The summed E-state index contributed by atoms with van der Waals surface area (Å²) in [5, 5.41) is 0. The minimum Gasteiger partial charge on any atom is -0.490 e. The molecule has 2 rings (SSSR count). The van der Waals surface area contributed by atoms with Gasteiger partial charge in [-0.25, -0.2) is 8.42 Å². The molecule has 0 fully saturated rings. The number of benzene rings is 1. The summed E-state index contributed by atoms with van der Waals surface area (Å²) in [5.74, 6) is 0.647. The van der Waals surface area contributed by atoms with Gasteiger partial charge in [-0.2, -0.15) is 0 Å². The Labute approximate surface area is 93.4 Å². The topological polar surface area (TPSA) is 43.4 Å². The number of hydrogen-bond donors (Lipinski definition) is 0. The van der Waals surface area contributed by atoms with Crippen molar-refractivity contribution in [2.45, 2.75) is 25.2 Å². The molecule has 0 radical (unpaired) electrons. The largest absolute Gasteiger partial charge is 0.490 e. The van der Waals surface area contributed by atoms with E-state index >= 15 is 0 Å². The molecule has 0 saturated heterocycles. The summed E-state index contributed by atoms with van der Waals surface area (Å²) in [7, 11) is 1.74. The Morgan fingerprint density at radius 2 is 2.27 bits per heavy atom. The minimum absolute atomic E-state index is 0.110. The van der Waals surface area contributed by atoms with Crippen LogP contribution in [0.4, 0.5) is 0 Å². The first-order chi connectivity index (χ1) is 6.96. The number of ether oxygens (including phenoxy) is 1. The van der Waals surface area contributed by atoms with Crippen LogP contribution in [0.25, 0.3) is 0 Å². The Bertz CT molecular complexity index is 481. The zero-order chi connectivity index (χ0) is 11.1. The molecule has 0 amide bonds. The third-order valence-electron chi connectivity index (χ3n) is 2.38. The van der Waals surface area contributed by atoms with Gasteiger partial charge in [0.15, 0.2) is 0 Å². The van der Waals surface area contributed by atoms with Gasteiger partial charge in [0, 0.05) is 22.7 Å². The van der Waals surface area contributed by atoms with E-state index in [1.165, 1.54) is 0 Å². The van der Waals surface area contributed by atoms with Crippen LogP contribution in [0.1, 0.15) is 18.1 Å². The van der Waals surface area contributed by atoms with Crippen LogP contribution in [0.2, 0.25) is 0 Å². The molecule has 0 spiro atoms. The van der Waals surface area contributed by atoms with Gasteiger partial charge < -0.3 is 4.74 Å². The van der Waals surface area contributed by atoms with Crippen molar-refractivity contribution < 1.29 is 13.2 Å². The first-order valence-corrected chi connectivity index (χ1v) is 7.13. The molecule has 1 heterocycles. The predicted molar refractivity (Wildman–Crippen MR) is 58.7 cm³/mol. The molecule has 1 aliphatic rings. The van der Waals surface area contributed by atoms with Crippen molar-refractivity contribution in [1.29, 1.82) is 0 Å². The van der Waals surface area contributed by atoms with Crippen LogP contribution in [0.15, 0.2) is 18.2 Å². The summed E-state index contributed by atoms with van der Waals surface area (Å²) in [6.07, 6.45) is 0.858. The monoisotopic (exact) mass is 246 g/mol. The molecule has 1 aromatic carbocycles. The molecule has 1 aromatic rings. The second-order valence-electron chi connectivity index (χ2n) is 3.71. The van der Waals surface area contributed by atoms with E-state index in [1.807, 2.05) is 13.0 Å². The fraction of sp³-hybridized carbons (Fsp3) is 0.400. The minimum atomic E-state index is -3.50. The maximum absolute atomic E-state index is 11.0. The SMILES string of the molecule is CC1Cc2c(CS(=O)(=O)Cl)cccc2O1. The summed E-state index contributed by atoms with van der Waals surface area (Å²) in [5.41, 5.74) is 1.71. The van der Waals surface area contributed by atoms with E-state index in [-0.39, 0.29) is 11.9 Å². The number of rotatable bonds is 2. The molecule has 0 aromatic heterocycles. The van der Waals surface area contributed by atoms with Gasteiger partial charge in [-0.05, 0) is 18.6 Å². The van der Waals surface area contributed by atoms with E-state index in [9.17, 15) is 8.42 Å². The highest BCUT2D eigenvalue weighted by molar-refractivity contribution is 8.13. The Hall–Kier alpha value is -0.740. The molecule has 3 nitrogen and oxygen atoms in total. The summed E-state index contributed by atoms with van der Waals surface area (Å²) in [6.45, 7) is 1.96. The Morgan fingerprint density at radius 1 is 1.53 bits per heavy atom. The number of hydrogen-bond acceptors (Lipinski definition) is 3. The molecule has 0 aliphatic carbocycles. The van der Waals surface area contributed by atoms with Crippen LogP contribution in [0.3, 0.4) is 0 Å². The second-order valence-corrected chi connectivity index (χ2v) is 6.49. The summed E-state index contributed by atoms with van der Waals surface area (Å²) >= 11 is 0. The van der Waals surface area contributed by atoms with Gasteiger partial charge in [0.1, 0.15) is 11.9 Å². The molecular weight excluding hydrogens is 236 g/mol. The Morgan fingerprint density at radius 3 is 2.93 bits per heavy atom. The zero-order valence-corrected chi connectivity index (χ0v) is 9.81. The maximum atomic E-state index is 11.0. The van der Waals surface area contributed by atoms with Crippen LogP contribution < -0.4 is 4.74 Å². The van der Waals surface area contributed by atoms with Crippen LogP contribution in [-0.2, 0) is 21.2 Å². The lowest BCUT2D eigenvalue weighted by Crippen LogP contribution is -2.06. The smallest absolute Gasteiger partial charge is 0.236 e. The standard InChI is InChI=1S/C10H11ClO3S/c1-7-5-9-8(6-15(11,12)13)3-2-4-10(9)14-7/h2-4,7H,5-6H2,1H3. The van der Waals surface area contributed by atoms with Crippen LogP contribution in [0, 0.1) is 0 Å². The van der Waals surface area contributed by atoms with E-state index in [1.54, 1.807) is 12.1 Å². The van der Waals surface area contributed by atoms with E-state index in [2.05, 4.69) is 0 Å². The fourth-order valence-electron chi connectivity index (χ4n) is 1.82. The van der Waals surface area contributed by atoms with Gasteiger partial charge in [0.2, 0.25) is 9.05 Å². The third-order valence-corrected chi connectivity index (χ3v) is 3.36. The van der Waals surface area contributed by atoms with Gasteiger partial charge in [-0.15, -0.1) is 0 Å². The molecule has 0 saturated carbocycles. The Balaban J connectivity index is 2.39. The van der Waals surface area contributed by atoms with Gasteiger partial charge >= 0.3 is 0 Å². The Kier molecular flexibility index (Phi) is 2.64. The molecule has 82 valence electrons. The molecule has 0 bridgehead atoms. The quantitative estimate of drug-likeness (QED) is 0.751. The molecule has 0 N–H and O–H groups in total. The molecule has 15 heavy (non-hydrogen) atoms. The number of halogens is 1. The lowest BCUT2D eigenvalue weighted by Gasteiger charge is -2.04. The molecule has 1 unspecified atom stereocenters. The summed E-state index contributed by atoms with van der Waals surface area (Å²) < 4.78 is 27.5. The number of fused-ring (bicyclic) bond motifs is 1. The van der Waals surface area contributed by atoms with Crippen molar-refractivity contribution in [2.24, 2.45) is 0 Å². The van der Waals surface area contributed by atoms with Crippen molar-refractivity contribution in [2.75, 3.05) is 0 Å². The average Bonchev–Trinajstić information content (AvgIpc) is 2.43. The average molecular weight is 247 g/mol. The second kappa shape index (κ2) is 3.68. The van der Waals surface area contributed by atoms with Crippen molar-refractivity contribution in [3.63, 3.8) is 0 Å². The van der Waals surface area contributed by atoms with Crippen molar-refractivity contribution in [3.05, 3.63) is 29.3 Å². The fourth-order valence-corrected chi connectivity index (χ4v) is 2.81. The lowest BCUT2D eigenvalue weighted by atomic mass is 10.0. The van der Waals surface area contributed by atoms with E-state index in [0.717, 1.165) is 23.3 Å². The molecule has 1 aliphatic heterocycles. The summed E-state index contributed by atoms with van der Waals surface area (Å²) in [4.78, 5) is 0. The van der Waals surface area contributed by atoms with Gasteiger partial charge in [0.25, 0.3) is 0 Å².